The molecule has 1 aliphatic carbocycles. The maximum Gasteiger partial charge on any atom is 0.269 e. The van der Waals surface area contributed by atoms with Crippen LogP contribution in [0.15, 0.2) is 23.1 Å². The molecular formula is C14H20N2O5S. The van der Waals surface area contributed by atoms with Gasteiger partial charge in [-0.05, 0) is 31.4 Å². The molecule has 1 aromatic rings. The molecule has 0 unspecified atom stereocenters. The Morgan fingerprint density at radius 2 is 2.18 bits per heavy atom. The third-order valence-corrected chi connectivity index (χ3v) is 6.03. The molecule has 1 fully saturated rings. The monoisotopic (exact) mass is 328 g/mol. The number of hydrogen-bond acceptors (Lipinski definition) is 5. The predicted octanol–water partition coefficient (Wildman–Crippen LogP) is 1.73. The van der Waals surface area contributed by atoms with Crippen LogP contribution in [0, 0.1) is 22.5 Å². The van der Waals surface area contributed by atoms with Gasteiger partial charge in [-0.2, -0.15) is 0 Å². The second kappa shape index (κ2) is 5.94. The van der Waals surface area contributed by atoms with Crippen LogP contribution in [0.25, 0.3) is 0 Å². The Hall–Kier alpha value is -1.51. The van der Waals surface area contributed by atoms with E-state index >= 15 is 0 Å². The van der Waals surface area contributed by atoms with Crippen molar-refractivity contribution in [3.8, 4) is 0 Å². The van der Waals surface area contributed by atoms with Crippen molar-refractivity contribution in [3.63, 3.8) is 0 Å². The lowest BCUT2D eigenvalue weighted by Gasteiger charge is -2.30. The topological polar surface area (TPSA) is 110 Å². The van der Waals surface area contributed by atoms with Gasteiger partial charge in [-0.1, -0.05) is 13.3 Å². The van der Waals surface area contributed by atoms with E-state index in [0.29, 0.717) is 12.0 Å². The van der Waals surface area contributed by atoms with Crippen molar-refractivity contribution in [1.29, 1.82) is 0 Å². The van der Waals surface area contributed by atoms with Crippen LogP contribution in [0.5, 0.6) is 0 Å². The molecule has 0 aromatic heterocycles. The second-order valence-corrected chi connectivity index (χ2v) is 7.77. The van der Waals surface area contributed by atoms with Gasteiger partial charge >= 0.3 is 0 Å². The number of rotatable bonds is 5. The molecule has 1 aromatic carbocycles. The van der Waals surface area contributed by atoms with E-state index in [2.05, 4.69) is 4.72 Å². The molecule has 7 nitrogen and oxygen atoms in total. The first-order valence-corrected chi connectivity index (χ1v) is 8.56. The Labute approximate surface area is 129 Å². The van der Waals surface area contributed by atoms with Crippen LogP contribution in [0.1, 0.15) is 31.7 Å². The minimum absolute atomic E-state index is 0.0327. The van der Waals surface area contributed by atoms with Gasteiger partial charge in [0, 0.05) is 30.2 Å². The molecule has 2 rings (SSSR count). The van der Waals surface area contributed by atoms with Gasteiger partial charge in [0.15, 0.2) is 0 Å². The van der Waals surface area contributed by atoms with Gasteiger partial charge < -0.3 is 5.11 Å². The van der Waals surface area contributed by atoms with Gasteiger partial charge in [0.25, 0.3) is 5.69 Å². The van der Waals surface area contributed by atoms with Gasteiger partial charge in [-0.15, -0.1) is 0 Å². The molecule has 8 heteroatoms. The van der Waals surface area contributed by atoms with Gasteiger partial charge in [0.2, 0.25) is 10.0 Å². The first kappa shape index (κ1) is 16.9. The molecule has 1 aliphatic rings. The third kappa shape index (κ3) is 3.13. The average molecular weight is 328 g/mol. The number of aryl methyl sites for hydroxylation is 1. The molecule has 0 saturated heterocycles. The Balaban J connectivity index is 2.30. The van der Waals surface area contributed by atoms with Crippen molar-refractivity contribution in [1.82, 2.24) is 4.72 Å². The lowest BCUT2D eigenvalue weighted by atomic mass is 9.86. The summed E-state index contributed by atoms with van der Waals surface area (Å²) in [7, 11) is -3.78. The minimum Gasteiger partial charge on any atom is -0.396 e. The van der Waals surface area contributed by atoms with Crippen molar-refractivity contribution in [2.75, 3.05) is 6.61 Å². The Kier molecular flexibility index (Phi) is 4.55. The number of benzene rings is 1. The van der Waals surface area contributed by atoms with Crippen LogP contribution in [0.2, 0.25) is 0 Å². The van der Waals surface area contributed by atoms with E-state index in [1.807, 2.05) is 6.92 Å². The van der Waals surface area contributed by atoms with E-state index in [1.54, 1.807) is 0 Å². The van der Waals surface area contributed by atoms with Crippen LogP contribution in [-0.2, 0) is 10.0 Å². The molecule has 122 valence electrons. The fourth-order valence-corrected chi connectivity index (χ4v) is 4.56. The molecule has 2 N–H and O–H groups in total. The zero-order valence-electron chi connectivity index (χ0n) is 12.6. The molecular weight excluding hydrogens is 308 g/mol. The first-order valence-electron chi connectivity index (χ1n) is 7.08. The van der Waals surface area contributed by atoms with Crippen molar-refractivity contribution >= 4 is 15.7 Å². The molecule has 1 saturated carbocycles. The number of non-ortho nitro benzene ring substituents is 1. The highest BCUT2D eigenvalue weighted by Crippen LogP contribution is 2.38. The summed E-state index contributed by atoms with van der Waals surface area (Å²) >= 11 is 0. The fourth-order valence-electron chi connectivity index (χ4n) is 2.92. The summed E-state index contributed by atoms with van der Waals surface area (Å²) in [5.74, 6) is 0. The summed E-state index contributed by atoms with van der Waals surface area (Å²) in [6.07, 6.45) is 2.28. The molecule has 22 heavy (non-hydrogen) atoms. The summed E-state index contributed by atoms with van der Waals surface area (Å²) < 4.78 is 27.7. The van der Waals surface area contributed by atoms with Crippen LogP contribution in [-0.4, -0.2) is 31.1 Å². The average Bonchev–Trinajstić information content (AvgIpc) is 2.79. The van der Waals surface area contributed by atoms with Crippen molar-refractivity contribution < 1.29 is 18.4 Å². The summed E-state index contributed by atoms with van der Waals surface area (Å²) in [4.78, 5) is 10.2. The molecule has 0 radical (unpaired) electrons. The van der Waals surface area contributed by atoms with Crippen LogP contribution < -0.4 is 4.72 Å². The molecule has 2 atom stereocenters. The number of hydrogen-bond donors (Lipinski definition) is 2. The lowest BCUT2D eigenvalue weighted by molar-refractivity contribution is -0.385. The van der Waals surface area contributed by atoms with E-state index in [9.17, 15) is 23.6 Å². The van der Waals surface area contributed by atoms with Crippen LogP contribution in [0.3, 0.4) is 0 Å². The number of nitrogens with one attached hydrogen (secondary N) is 1. The highest BCUT2D eigenvalue weighted by Gasteiger charge is 2.40. The molecule has 0 bridgehead atoms. The summed E-state index contributed by atoms with van der Waals surface area (Å²) in [6, 6.07) is 3.34. The molecule has 0 amide bonds. The standard InChI is InChI=1S/C14H20N2O5S/c1-10-8-11(16(18)19)5-6-12(10)22(20,21)15-13-4-3-7-14(13,2)9-17/h5-6,8,13,15,17H,3-4,7,9H2,1-2H3/t13-,14-/m1/s1. The fraction of sp³-hybridized carbons (Fsp3) is 0.571. The Morgan fingerprint density at radius 1 is 1.50 bits per heavy atom. The van der Waals surface area contributed by atoms with Crippen LogP contribution in [0.4, 0.5) is 5.69 Å². The number of nitro benzene ring substituents is 1. The minimum atomic E-state index is -3.78. The lowest BCUT2D eigenvalue weighted by Crippen LogP contribution is -2.44. The number of aliphatic hydroxyl groups excluding tert-OH is 1. The third-order valence-electron chi connectivity index (χ3n) is 4.40. The second-order valence-electron chi connectivity index (χ2n) is 6.09. The smallest absolute Gasteiger partial charge is 0.269 e. The van der Waals surface area contributed by atoms with Gasteiger partial charge in [0.05, 0.1) is 9.82 Å². The van der Waals surface area contributed by atoms with E-state index in [0.717, 1.165) is 12.8 Å². The van der Waals surface area contributed by atoms with E-state index in [-0.39, 0.29) is 23.2 Å². The zero-order chi connectivity index (χ0) is 16.5. The van der Waals surface area contributed by atoms with Gasteiger partial charge in [-0.3, -0.25) is 10.1 Å². The maximum absolute atomic E-state index is 12.5. The predicted molar refractivity (Wildman–Crippen MR) is 81.0 cm³/mol. The van der Waals surface area contributed by atoms with Crippen molar-refractivity contribution in [2.45, 2.75) is 44.0 Å². The van der Waals surface area contributed by atoms with Crippen LogP contribution >= 0.6 is 0 Å². The zero-order valence-corrected chi connectivity index (χ0v) is 13.4. The summed E-state index contributed by atoms with van der Waals surface area (Å²) in [5, 5.41) is 20.2. The number of nitrogens with zero attached hydrogens (tertiary/aromatic N) is 1. The molecule has 0 aliphatic heterocycles. The molecule has 0 heterocycles. The van der Waals surface area contributed by atoms with Gasteiger partial charge in [0.1, 0.15) is 0 Å². The Bertz CT molecular complexity index is 688. The summed E-state index contributed by atoms with van der Waals surface area (Å²) in [5.41, 5.74) is -0.287. The normalized spacial score (nSPS) is 25.3. The Morgan fingerprint density at radius 3 is 2.73 bits per heavy atom. The maximum atomic E-state index is 12.5. The quantitative estimate of drug-likeness (QED) is 0.632. The molecule has 0 spiro atoms. The largest absolute Gasteiger partial charge is 0.396 e. The van der Waals surface area contributed by atoms with E-state index < -0.39 is 20.4 Å². The number of sulfonamides is 1. The summed E-state index contributed by atoms with van der Waals surface area (Å²) in [6.45, 7) is 3.30. The van der Waals surface area contributed by atoms with Crippen molar-refractivity contribution in [3.05, 3.63) is 33.9 Å². The highest BCUT2D eigenvalue weighted by molar-refractivity contribution is 7.89. The highest BCUT2D eigenvalue weighted by atomic mass is 32.2. The number of aliphatic hydroxyl groups is 1. The van der Waals surface area contributed by atoms with E-state index in [1.165, 1.54) is 25.1 Å². The SMILES string of the molecule is Cc1cc([N+](=O)[O-])ccc1S(=O)(=O)N[C@@H]1CCC[C@]1(C)CO. The first-order chi connectivity index (χ1) is 10.2. The van der Waals surface area contributed by atoms with E-state index in [4.69, 9.17) is 0 Å². The van der Waals surface area contributed by atoms with Crippen molar-refractivity contribution in [2.24, 2.45) is 5.41 Å². The van der Waals surface area contributed by atoms with Gasteiger partial charge in [-0.25, -0.2) is 13.1 Å². The number of nitro groups is 1.